The molecule has 2 fully saturated rings. The molecule has 37 heavy (non-hydrogen) atoms. The number of piperidine rings is 1. The number of hydrogen-bond acceptors (Lipinski definition) is 5. The Morgan fingerprint density at radius 3 is 2.35 bits per heavy atom. The molecule has 198 valence electrons. The highest BCUT2D eigenvalue weighted by Crippen LogP contribution is 2.29. The molecule has 8 nitrogen and oxygen atoms in total. The van der Waals surface area contributed by atoms with Gasteiger partial charge in [-0.05, 0) is 55.7 Å². The monoisotopic (exact) mass is 517 g/mol. The largest absolute Gasteiger partial charge is 0.416 e. The first-order chi connectivity index (χ1) is 17.6. The first-order valence-electron chi connectivity index (χ1n) is 12.2. The second-order valence-corrected chi connectivity index (χ2v) is 9.44. The maximum atomic E-state index is 12.9. The molecule has 4 N–H and O–H groups in total. The van der Waals surface area contributed by atoms with Gasteiger partial charge in [0, 0.05) is 55.1 Å². The number of hydrogen-bond donors (Lipinski definition) is 3. The predicted octanol–water partition coefficient (Wildman–Crippen LogP) is 2.39. The van der Waals surface area contributed by atoms with Gasteiger partial charge < -0.3 is 21.3 Å². The SMILES string of the molecule is NC(=O)c1cccc(N2CCC(N3CC[C@@H](NC(=O)CNC(=O)c4cccc(C(F)(F)F)c4)C3)CC2)c1. The van der Waals surface area contributed by atoms with Crippen molar-refractivity contribution in [1.29, 1.82) is 0 Å². The zero-order valence-corrected chi connectivity index (χ0v) is 20.3. The third-order valence-electron chi connectivity index (χ3n) is 6.92. The Labute approximate surface area is 213 Å². The summed E-state index contributed by atoms with van der Waals surface area (Å²) in [4.78, 5) is 40.6. The summed E-state index contributed by atoms with van der Waals surface area (Å²) >= 11 is 0. The van der Waals surface area contributed by atoms with Crippen LogP contribution in [-0.2, 0) is 11.0 Å². The number of likely N-dealkylation sites (tertiary alicyclic amines) is 1. The number of halogens is 3. The molecule has 2 aliphatic heterocycles. The van der Waals surface area contributed by atoms with Crippen LogP contribution in [0.25, 0.3) is 0 Å². The van der Waals surface area contributed by atoms with Gasteiger partial charge in [-0.25, -0.2) is 0 Å². The minimum atomic E-state index is -4.55. The summed E-state index contributed by atoms with van der Waals surface area (Å²) in [7, 11) is 0. The maximum Gasteiger partial charge on any atom is 0.416 e. The van der Waals surface area contributed by atoms with E-state index in [1.807, 2.05) is 18.2 Å². The van der Waals surface area contributed by atoms with Crippen LogP contribution >= 0.6 is 0 Å². The third-order valence-corrected chi connectivity index (χ3v) is 6.92. The van der Waals surface area contributed by atoms with Crippen LogP contribution < -0.4 is 21.3 Å². The lowest BCUT2D eigenvalue weighted by Gasteiger charge is -2.38. The molecule has 2 saturated heterocycles. The van der Waals surface area contributed by atoms with Gasteiger partial charge in [-0.3, -0.25) is 19.3 Å². The molecule has 0 aromatic heterocycles. The number of benzene rings is 2. The molecule has 4 rings (SSSR count). The number of carbonyl (C=O) groups is 3. The highest BCUT2D eigenvalue weighted by atomic mass is 19.4. The van der Waals surface area contributed by atoms with Crippen LogP contribution in [0.1, 0.15) is 45.5 Å². The molecule has 2 aromatic rings. The second-order valence-electron chi connectivity index (χ2n) is 9.44. The molecule has 0 radical (unpaired) electrons. The highest BCUT2D eigenvalue weighted by molar-refractivity contribution is 5.96. The van der Waals surface area contributed by atoms with E-state index in [4.69, 9.17) is 5.73 Å². The van der Waals surface area contributed by atoms with Gasteiger partial charge in [0.2, 0.25) is 11.8 Å². The normalized spacial score (nSPS) is 19.0. The molecule has 0 saturated carbocycles. The van der Waals surface area contributed by atoms with Gasteiger partial charge in [-0.15, -0.1) is 0 Å². The number of nitrogens with two attached hydrogens (primary N) is 1. The van der Waals surface area contributed by atoms with Crippen molar-refractivity contribution >= 4 is 23.4 Å². The number of alkyl halides is 3. The van der Waals surface area contributed by atoms with Crippen LogP contribution in [0.5, 0.6) is 0 Å². The Morgan fingerprint density at radius 2 is 1.65 bits per heavy atom. The van der Waals surface area contributed by atoms with Gasteiger partial charge in [-0.2, -0.15) is 13.2 Å². The van der Waals surface area contributed by atoms with Crippen molar-refractivity contribution < 1.29 is 27.6 Å². The highest BCUT2D eigenvalue weighted by Gasteiger charge is 2.32. The van der Waals surface area contributed by atoms with Crippen molar-refractivity contribution in [3.8, 4) is 0 Å². The Hall–Kier alpha value is -3.60. The standard InChI is InChI=1S/C26H30F3N5O3/c27-26(28,29)19-5-1-4-18(13-19)25(37)31-15-23(35)32-20-7-10-34(16-20)21-8-11-33(12-9-21)22-6-2-3-17(14-22)24(30)36/h1-6,13-14,20-21H,7-12,15-16H2,(H2,30,36)(H,31,37)(H,32,35)/t20-/m1/s1. The summed E-state index contributed by atoms with van der Waals surface area (Å²) < 4.78 is 38.6. The molecule has 11 heteroatoms. The molecule has 0 bridgehead atoms. The quantitative estimate of drug-likeness (QED) is 0.523. The van der Waals surface area contributed by atoms with Crippen molar-refractivity contribution in [2.45, 2.75) is 37.5 Å². The number of nitrogens with one attached hydrogen (secondary N) is 2. The molecule has 2 aliphatic rings. The number of primary amides is 1. The number of carbonyl (C=O) groups excluding carboxylic acids is 3. The average Bonchev–Trinajstić information content (AvgIpc) is 3.35. The van der Waals surface area contributed by atoms with Gasteiger partial charge in [-0.1, -0.05) is 12.1 Å². The fourth-order valence-corrected chi connectivity index (χ4v) is 4.96. The van der Waals surface area contributed by atoms with Crippen LogP contribution in [0.2, 0.25) is 0 Å². The van der Waals surface area contributed by atoms with E-state index < -0.39 is 23.6 Å². The van der Waals surface area contributed by atoms with Crippen molar-refractivity contribution in [2.75, 3.05) is 37.6 Å². The lowest BCUT2D eigenvalue weighted by Crippen LogP contribution is -2.46. The van der Waals surface area contributed by atoms with Crippen LogP contribution in [0.3, 0.4) is 0 Å². The Morgan fingerprint density at radius 1 is 0.946 bits per heavy atom. The number of nitrogens with zero attached hydrogens (tertiary/aromatic N) is 2. The first kappa shape index (κ1) is 26.5. The third kappa shape index (κ3) is 6.79. The molecular weight excluding hydrogens is 487 g/mol. The van der Waals surface area contributed by atoms with E-state index in [9.17, 15) is 27.6 Å². The molecule has 0 aliphatic carbocycles. The molecule has 0 spiro atoms. The summed E-state index contributed by atoms with van der Waals surface area (Å²) in [6, 6.07) is 11.7. The summed E-state index contributed by atoms with van der Waals surface area (Å²) in [5.74, 6) is -1.56. The van der Waals surface area contributed by atoms with Gasteiger partial charge in [0.15, 0.2) is 0 Å². The molecule has 0 unspecified atom stereocenters. The van der Waals surface area contributed by atoms with Crippen LogP contribution in [0.4, 0.5) is 18.9 Å². The van der Waals surface area contributed by atoms with E-state index in [-0.39, 0.29) is 24.1 Å². The van der Waals surface area contributed by atoms with Gasteiger partial charge in [0.1, 0.15) is 0 Å². The zero-order chi connectivity index (χ0) is 26.6. The minimum absolute atomic E-state index is 0.0526. The zero-order valence-electron chi connectivity index (χ0n) is 20.3. The Balaban J connectivity index is 1.20. The van der Waals surface area contributed by atoms with Crippen molar-refractivity contribution in [3.63, 3.8) is 0 Å². The lowest BCUT2D eigenvalue weighted by molar-refractivity contribution is -0.137. The topological polar surface area (TPSA) is 108 Å². The first-order valence-corrected chi connectivity index (χ1v) is 12.2. The molecule has 2 heterocycles. The molecule has 1 atom stereocenters. The van der Waals surface area contributed by atoms with E-state index in [0.29, 0.717) is 18.2 Å². The Bertz CT molecular complexity index is 1150. The number of rotatable bonds is 7. The van der Waals surface area contributed by atoms with Gasteiger partial charge >= 0.3 is 6.18 Å². The van der Waals surface area contributed by atoms with Crippen molar-refractivity contribution in [3.05, 3.63) is 65.2 Å². The Kier molecular flexibility index (Phi) is 8.01. The average molecular weight is 518 g/mol. The van der Waals surface area contributed by atoms with Gasteiger partial charge in [0.05, 0.1) is 12.1 Å². The molecular formula is C26H30F3N5O3. The molecule has 2 aromatic carbocycles. The second kappa shape index (κ2) is 11.2. The van der Waals surface area contributed by atoms with Crippen molar-refractivity contribution in [1.82, 2.24) is 15.5 Å². The fraction of sp³-hybridized carbons (Fsp3) is 0.423. The summed E-state index contributed by atoms with van der Waals surface area (Å²) in [6.45, 7) is 2.94. The van der Waals surface area contributed by atoms with E-state index in [2.05, 4.69) is 20.4 Å². The summed E-state index contributed by atoms with van der Waals surface area (Å²) in [5.41, 5.74) is 5.80. The minimum Gasteiger partial charge on any atom is -0.371 e. The van der Waals surface area contributed by atoms with Gasteiger partial charge in [0.25, 0.3) is 5.91 Å². The van der Waals surface area contributed by atoms with Crippen LogP contribution in [0.15, 0.2) is 48.5 Å². The fourth-order valence-electron chi connectivity index (χ4n) is 4.96. The van der Waals surface area contributed by atoms with E-state index in [1.54, 1.807) is 6.07 Å². The van der Waals surface area contributed by atoms with E-state index in [1.165, 1.54) is 6.07 Å². The maximum absolute atomic E-state index is 12.9. The van der Waals surface area contributed by atoms with E-state index in [0.717, 1.165) is 62.8 Å². The predicted molar refractivity (Wildman–Crippen MR) is 132 cm³/mol. The number of anilines is 1. The summed E-state index contributed by atoms with van der Waals surface area (Å²) in [6.07, 6.45) is -1.86. The van der Waals surface area contributed by atoms with E-state index >= 15 is 0 Å². The molecule has 3 amide bonds. The lowest BCUT2D eigenvalue weighted by atomic mass is 10.0. The smallest absolute Gasteiger partial charge is 0.371 e. The number of amides is 3. The van der Waals surface area contributed by atoms with Crippen LogP contribution in [-0.4, -0.2) is 67.4 Å². The summed E-state index contributed by atoms with van der Waals surface area (Å²) in [5, 5.41) is 5.30. The van der Waals surface area contributed by atoms with Crippen LogP contribution in [0, 0.1) is 0 Å². The van der Waals surface area contributed by atoms with Crippen molar-refractivity contribution in [2.24, 2.45) is 5.73 Å².